The average Bonchev–Trinajstić information content (AvgIpc) is 2.85. The van der Waals surface area contributed by atoms with Crippen molar-refractivity contribution in [3.8, 4) is 0 Å². The molecule has 14 heavy (non-hydrogen) atoms. The van der Waals surface area contributed by atoms with Crippen LogP contribution >= 0.6 is 0 Å². The van der Waals surface area contributed by atoms with Crippen molar-refractivity contribution in [2.24, 2.45) is 5.92 Å². The molecule has 0 heterocycles. The smallest absolute Gasteiger partial charge is 0.149 e. The third-order valence-corrected chi connectivity index (χ3v) is 3.50. The molecule has 2 aliphatic carbocycles. The lowest BCUT2D eigenvalue weighted by atomic mass is 10.1. The molecule has 0 radical (unpaired) electrons. The monoisotopic (exact) mass is 195 g/mol. The number of hydrogen-bond acceptors (Lipinski definition) is 2. The van der Waals surface area contributed by atoms with Gasteiger partial charge in [-0.25, -0.2) is 0 Å². The number of hydrogen-bond donors (Lipinski definition) is 0. The van der Waals surface area contributed by atoms with Gasteiger partial charge in [0.1, 0.15) is 5.78 Å². The zero-order valence-electron chi connectivity index (χ0n) is 9.33. The summed E-state index contributed by atoms with van der Waals surface area (Å²) in [5.74, 6) is 1.38. The summed E-state index contributed by atoms with van der Waals surface area (Å²) < 4.78 is 0. The van der Waals surface area contributed by atoms with E-state index in [4.69, 9.17) is 0 Å². The molecular weight excluding hydrogens is 174 g/mol. The molecule has 2 heteroatoms. The molecule has 2 aliphatic rings. The molecule has 1 atom stereocenters. The summed E-state index contributed by atoms with van der Waals surface area (Å²) in [5.41, 5.74) is 0. The molecule has 0 saturated heterocycles. The van der Waals surface area contributed by atoms with Crippen LogP contribution in [0.5, 0.6) is 0 Å². The number of carbonyl (C=O) groups is 1. The summed E-state index contributed by atoms with van der Waals surface area (Å²) in [6, 6.07) is 0.790. The highest BCUT2D eigenvalue weighted by atomic mass is 16.1. The van der Waals surface area contributed by atoms with E-state index >= 15 is 0 Å². The van der Waals surface area contributed by atoms with E-state index in [1.54, 1.807) is 0 Å². The van der Waals surface area contributed by atoms with Gasteiger partial charge in [-0.15, -0.1) is 0 Å². The van der Waals surface area contributed by atoms with Crippen molar-refractivity contribution in [3.05, 3.63) is 0 Å². The Hall–Kier alpha value is -0.370. The molecule has 0 aromatic carbocycles. The van der Waals surface area contributed by atoms with Gasteiger partial charge in [0, 0.05) is 19.0 Å². The summed E-state index contributed by atoms with van der Waals surface area (Å²) in [6.45, 7) is 5.59. The molecule has 2 saturated carbocycles. The van der Waals surface area contributed by atoms with Crippen LogP contribution in [0, 0.1) is 5.92 Å². The van der Waals surface area contributed by atoms with Crippen LogP contribution in [0.15, 0.2) is 0 Å². The van der Waals surface area contributed by atoms with Crippen molar-refractivity contribution < 1.29 is 4.79 Å². The van der Waals surface area contributed by atoms with Crippen molar-refractivity contribution >= 4 is 5.78 Å². The third kappa shape index (κ3) is 2.17. The second kappa shape index (κ2) is 4.01. The Morgan fingerprint density at radius 2 is 2.07 bits per heavy atom. The van der Waals surface area contributed by atoms with Gasteiger partial charge in [-0.05, 0) is 45.4 Å². The zero-order valence-corrected chi connectivity index (χ0v) is 9.33. The van der Waals surface area contributed by atoms with E-state index in [1.165, 1.54) is 12.8 Å². The molecule has 2 rings (SSSR count). The fraction of sp³-hybridized carbons (Fsp3) is 0.917. The first-order chi connectivity index (χ1) is 6.68. The largest absolute Gasteiger partial charge is 0.298 e. The zero-order chi connectivity index (χ0) is 10.1. The molecule has 2 nitrogen and oxygen atoms in total. The predicted octanol–water partition coefficient (Wildman–Crippen LogP) is 2.23. The van der Waals surface area contributed by atoms with Gasteiger partial charge in [0.25, 0.3) is 0 Å². The molecule has 0 spiro atoms. The Labute approximate surface area is 86.7 Å². The van der Waals surface area contributed by atoms with Gasteiger partial charge >= 0.3 is 0 Å². The van der Waals surface area contributed by atoms with Gasteiger partial charge in [0.05, 0.1) is 6.04 Å². The van der Waals surface area contributed by atoms with Crippen molar-refractivity contribution in [1.29, 1.82) is 0 Å². The van der Waals surface area contributed by atoms with Gasteiger partial charge in [0.15, 0.2) is 0 Å². The molecule has 0 N–H and O–H groups in total. The Morgan fingerprint density at radius 1 is 1.36 bits per heavy atom. The first-order valence-electron chi connectivity index (χ1n) is 5.97. The minimum Gasteiger partial charge on any atom is -0.298 e. The van der Waals surface area contributed by atoms with E-state index in [2.05, 4.69) is 18.7 Å². The quantitative estimate of drug-likeness (QED) is 0.685. The Kier molecular flexibility index (Phi) is 2.91. The lowest BCUT2D eigenvalue weighted by Gasteiger charge is -2.31. The number of nitrogens with zero attached hydrogens (tertiary/aromatic N) is 1. The van der Waals surface area contributed by atoms with E-state index in [1.807, 2.05) is 0 Å². The predicted molar refractivity (Wildman–Crippen MR) is 57.2 cm³/mol. The van der Waals surface area contributed by atoms with Crippen LogP contribution in [-0.2, 0) is 4.79 Å². The minimum absolute atomic E-state index is 0.260. The third-order valence-electron chi connectivity index (χ3n) is 3.50. The fourth-order valence-corrected chi connectivity index (χ4v) is 2.44. The lowest BCUT2D eigenvalue weighted by Crippen LogP contribution is -2.43. The second-order valence-electron chi connectivity index (χ2n) is 5.11. The summed E-state index contributed by atoms with van der Waals surface area (Å²) in [6.07, 6.45) is 5.79. The molecule has 0 bridgehead atoms. The average molecular weight is 195 g/mol. The van der Waals surface area contributed by atoms with Crippen molar-refractivity contribution in [2.75, 3.05) is 6.54 Å². The molecule has 0 aromatic heterocycles. The summed E-state index contributed by atoms with van der Waals surface area (Å²) >= 11 is 0. The van der Waals surface area contributed by atoms with E-state index in [0.29, 0.717) is 11.8 Å². The summed E-state index contributed by atoms with van der Waals surface area (Å²) in [7, 11) is 0. The second-order valence-corrected chi connectivity index (χ2v) is 5.11. The number of carbonyl (C=O) groups excluding carboxylic acids is 1. The summed E-state index contributed by atoms with van der Waals surface area (Å²) in [4.78, 5) is 14.1. The highest BCUT2D eigenvalue weighted by molar-refractivity contribution is 5.85. The molecule has 0 aromatic rings. The van der Waals surface area contributed by atoms with Crippen molar-refractivity contribution in [1.82, 2.24) is 4.90 Å². The Bertz CT molecular complexity index is 220. The van der Waals surface area contributed by atoms with Gasteiger partial charge < -0.3 is 0 Å². The van der Waals surface area contributed by atoms with Crippen molar-refractivity contribution in [2.45, 2.75) is 58.0 Å². The van der Waals surface area contributed by atoms with Gasteiger partial charge in [-0.1, -0.05) is 0 Å². The number of rotatable bonds is 4. The van der Waals surface area contributed by atoms with Crippen LogP contribution < -0.4 is 0 Å². The standard InChI is InChI=1S/C12H21NO/c1-9(2)13(8-10-6-7-10)11-4-3-5-12(11)14/h9-11H,3-8H2,1-2H3. The highest BCUT2D eigenvalue weighted by Gasteiger charge is 2.35. The fourth-order valence-electron chi connectivity index (χ4n) is 2.44. The topological polar surface area (TPSA) is 20.3 Å². The molecule has 1 unspecified atom stereocenters. The maximum absolute atomic E-state index is 11.7. The molecule has 0 aliphatic heterocycles. The van der Waals surface area contributed by atoms with Crippen LogP contribution in [0.2, 0.25) is 0 Å². The van der Waals surface area contributed by atoms with Crippen LogP contribution in [0.25, 0.3) is 0 Å². The Morgan fingerprint density at radius 3 is 2.50 bits per heavy atom. The SMILES string of the molecule is CC(C)N(CC1CC1)C1CCCC1=O. The number of ketones is 1. The van der Waals surface area contributed by atoms with E-state index in [0.717, 1.165) is 31.7 Å². The summed E-state index contributed by atoms with van der Waals surface area (Å²) in [5, 5.41) is 0. The van der Waals surface area contributed by atoms with E-state index < -0.39 is 0 Å². The van der Waals surface area contributed by atoms with Crippen molar-refractivity contribution in [3.63, 3.8) is 0 Å². The Balaban J connectivity index is 1.96. The normalized spacial score (nSPS) is 28.0. The van der Waals surface area contributed by atoms with E-state index in [-0.39, 0.29) is 6.04 Å². The molecule has 0 amide bonds. The maximum atomic E-state index is 11.7. The van der Waals surface area contributed by atoms with Crippen LogP contribution in [0.4, 0.5) is 0 Å². The van der Waals surface area contributed by atoms with Crippen LogP contribution in [0.1, 0.15) is 46.0 Å². The molecular formula is C12H21NO. The highest BCUT2D eigenvalue weighted by Crippen LogP contribution is 2.32. The maximum Gasteiger partial charge on any atom is 0.149 e. The van der Waals surface area contributed by atoms with Gasteiger partial charge in [-0.2, -0.15) is 0 Å². The first kappa shape index (κ1) is 10.2. The van der Waals surface area contributed by atoms with Crippen LogP contribution in [0.3, 0.4) is 0 Å². The van der Waals surface area contributed by atoms with Gasteiger partial charge in [0.2, 0.25) is 0 Å². The van der Waals surface area contributed by atoms with Crippen LogP contribution in [-0.4, -0.2) is 29.3 Å². The first-order valence-corrected chi connectivity index (χ1v) is 5.97. The number of Topliss-reactive ketones (excluding diaryl/α,β-unsaturated/α-hetero) is 1. The minimum atomic E-state index is 0.260. The molecule has 2 fully saturated rings. The molecule has 80 valence electrons. The lowest BCUT2D eigenvalue weighted by molar-refractivity contribution is -0.122. The van der Waals surface area contributed by atoms with E-state index in [9.17, 15) is 4.79 Å². The van der Waals surface area contributed by atoms with Gasteiger partial charge in [-0.3, -0.25) is 9.69 Å².